The van der Waals surface area contributed by atoms with E-state index >= 15 is 0 Å². The van der Waals surface area contributed by atoms with Crippen molar-refractivity contribution in [2.24, 2.45) is 11.3 Å². The van der Waals surface area contributed by atoms with Crippen molar-refractivity contribution in [3.63, 3.8) is 0 Å². The lowest BCUT2D eigenvalue weighted by molar-refractivity contribution is -0.149. The van der Waals surface area contributed by atoms with Gasteiger partial charge in [0.1, 0.15) is 0 Å². The van der Waals surface area contributed by atoms with E-state index in [4.69, 9.17) is 23.2 Å². The van der Waals surface area contributed by atoms with E-state index in [0.29, 0.717) is 42.5 Å². The lowest BCUT2D eigenvalue weighted by Gasteiger charge is -2.34. The summed E-state index contributed by atoms with van der Waals surface area (Å²) >= 11 is 12.3. The lowest BCUT2D eigenvalue weighted by atomic mass is 9.93. The molecule has 0 bridgehead atoms. The number of hydrogen-bond acceptors (Lipinski definition) is 3. The molecule has 2 atom stereocenters. The number of rotatable bonds is 6. The van der Waals surface area contributed by atoms with E-state index in [1.165, 1.54) is 11.9 Å². The average molecular weight is 562 g/mol. The van der Waals surface area contributed by atoms with Gasteiger partial charge >= 0.3 is 6.18 Å². The zero-order valence-electron chi connectivity index (χ0n) is 21.0. The summed E-state index contributed by atoms with van der Waals surface area (Å²) < 4.78 is 38.2. The van der Waals surface area contributed by atoms with Gasteiger partial charge in [-0.15, -0.1) is 0 Å². The van der Waals surface area contributed by atoms with Crippen LogP contribution in [0.15, 0.2) is 18.2 Å². The fraction of sp³-hybridized carbons (Fsp3) is 0.654. The molecule has 2 aliphatic heterocycles. The molecule has 6 nitrogen and oxygen atoms in total. The minimum absolute atomic E-state index is 0.0477. The van der Waals surface area contributed by atoms with Crippen LogP contribution in [0.2, 0.25) is 10.0 Å². The van der Waals surface area contributed by atoms with Crippen LogP contribution < -0.4 is 0 Å². The summed E-state index contributed by atoms with van der Waals surface area (Å²) in [5.74, 6) is -1.07. The van der Waals surface area contributed by atoms with Crippen LogP contribution in [0, 0.1) is 11.3 Å². The molecule has 3 amide bonds. The first-order chi connectivity index (χ1) is 17.3. The van der Waals surface area contributed by atoms with Gasteiger partial charge in [0.15, 0.2) is 0 Å². The van der Waals surface area contributed by atoms with Gasteiger partial charge < -0.3 is 14.7 Å². The second kappa shape index (κ2) is 10.6. The van der Waals surface area contributed by atoms with E-state index in [2.05, 4.69) is 0 Å². The normalized spacial score (nSPS) is 23.8. The second-order valence-electron chi connectivity index (χ2n) is 10.8. The number of halogens is 5. The summed E-state index contributed by atoms with van der Waals surface area (Å²) in [5.41, 5.74) is 0.526. The topological polar surface area (TPSA) is 60.9 Å². The number of carbonyl (C=O) groups is 3. The maximum Gasteiger partial charge on any atom is 0.389 e. The van der Waals surface area contributed by atoms with Crippen molar-refractivity contribution in [1.82, 2.24) is 14.7 Å². The highest BCUT2D eigenvalue weighted by atomic mass is 35.5. The van der Waals surface area contributed by atoms with Gasteiger partial charge in [-0.3, -0.25) is 14.4 Å². The molecule has 0 aromatic heterocycles. The van der Waals surface area contributed by atoms with Gasteiger partial charge in [-0.25, -0.2) is 0 Å². The minimum atomic E-state index is -4.43. The van der Waals surface area contributed by atoms with Gasteiger partial charge in [-0.2, -0.15) is 13.2 Å². The Balaban J connectivity index is 1.46. The van der Waals surface area contributed by atoms with Crippen LogP contribution >= 0.6 is 23.2 Å². The van der Waals surface area contributed by atoms with Gasteiger partial charge in [0, 0.05) is 56.9 Å². The summed E-state index contributed by atoms with van der Waals surface area (Å²) in [6.07, 6.45) is -3.32. The highest BCUT2D eigenvalue weighted by Gasteiger charge is 2.48. The van der Waals surface area contributed by atoms with E-state index in [-0.39, 0.29) is 35.6 Å². The first-order valence-corrected chi connectivity index (χ1v) is 13.4. The average Bonchev–Trinajstić information content (AvgIpc) is 3.46. The van der Waals surface area contributed by atoms with Crippen LogP contribution in [0.4, 0.5) is 13.2 Å². The van der Waals surface area contributed by atoms with E-state index in [1.54, 1.807) is 23.1 Å². The molecule has 2 saturated heterocycles. The number of nitrogens with zero attached hydrogens (tertiary/aromatic N) is 3. The molecule has 0 radical (unpaired) electrons. The van der Waals surface area contributed by atoms with Gasteiger partial charge in [-0.05, 0) is 43.4 Å². The number of benzene rings is 1. The molecule has 1 aromatic rings. The standard InChI is InChI=1S/C26H32Cl2F3N3O3/c1-25(9-10-25)24(37)33-11-6-16(7-12-33)23(36)34-14-18(17-3-4-19(27)20(28)13-17)21(15-34)32(2)22(35)5-8-26(29,30)31/h3-4,13,16,18,21H,5-12,14-15H2,1-2H3. The van der Waals surface area contributed by atoms with Crippen molar-refractivity contribution in [2.45, 2.75) is 63.6 Å². The van der Waals surface area contributed by atoms with E-state index in [1.807, 2.05) is 11.8 Å². The Morgan fingerprint density at radius 2 is 1.70 bits per heavy atom. The van der Waals surface area contributed by atoms with Crippen molar-refractivity contribution in [2.75, 3.05) is 33.2 Å². The number of likely N-dealkylation sites (tertiary alicyclic amines) is 2. The number of amides is 3. The Morgan fingerprint density at radius 1 is 1.05 bits per heavy atom. The van der Waals surface area contributed by atoms with Gasteiger partial charge in [0.05, 0.1) is 22.5 Å². The smallest absolute Gasteiger partial charge is 0.342 e. The summed E-state index contributed by atoms with van der Waals surface area (Å²) in [7, 11) is 1.49. The van der Waals surface area contributed by atoms with Crippen molar-refractivity contribution < 1.29 is 27.6 Å². The van der Waals surface area contributed by atoms with Crippen LogP contribution in [0.5, 0.6) is 0 Å². The van der Waals surface area contributed by atoms with E-state index in [9.17, 15) is 27.6 Å². The molecule has 2 heterocycles. The lowest BCUT2D eigenvalue weighted by Crippen LogP contribution is -2.46. The number of alkyl halides is 3. The quantitative estimate of drug-likeness (QED) is 0.484. The maximum atomic E-state index is 13.5. The Morgan fingerprint density at radius 3 is 2.27 bits per heavy atom. The largest absolute Gasteiger partial charge is 0.389 e. The summed E-state index contributed by atoms with van der Waals surface area (Å²) in [4.78, 5) is 43.7. The predicted molar refractivity (Wildman–Crippen MR) is 134 cm³/mol. The molecular formula is C26H32Cl2F3N3O3. The number of hydrogen-bond donors (Lipinski definition) is 0. The molecular weight excluding hydrogens is 530 g/mol. The number of piperidine rings is 1. The highest BCUT2D eigenvalue weighted by Crippen LogP contribution is 2.47. The highest BCUT2D eigenvalue weighted by molar-refractivity contribution is 6.42. The van der Waals surface area contributed by atoms with Crippen LogP contribution in [-0.2, 0) is 14.4 Å². The zero-order valence-corrected chi connectivity index (χ0v) is 22.5. The van der Waals surface area contributed by atoms with E-state index in [0.717, 1.165) is 18.4 Å². The minimum Gasteiger partial charge on any atom is -0.342 e. The third-order valence-corrected chi connectivity index (χ3v) is 8.87. The molecule has 1 saturated carbocycles. The summed E-state index contributed by atoms with van der Waals surface area (Å²) in [6, 6.07) is 4.60. The molecule has 3 aliphatic rings. The molecule has 1 aromatic carbocycles. The molecule has 1 aliphatic carbocycles. The molecule has 4 rings (SSSR count). The van der Waals surface area contributed by atoms with Crippen LogP contribution in [0.25, 0.3) is 0 Å². The van der Waals surface area contributed by atoms with Gasteiger partial charge in [-0.1, -0.05) is 36.2 Å². The molecule has 204 valence electrons. The maximum absolute atomic E-state index is 13.5. The summed E-state index contributed by atoms with van der Waals surface area (Å²) in [6.45, 7) is 3.58. The second-order valence-corrected chi connectivity index (χ2v) is 11.7. The number of carbonyl (C=O) groups excluding carboxylic acids is 3. The molecule has 0 spiro atoms. The van der Waals surface area contributed by atoms with Crippen molar-refractivity contribution in [1.29, 1.82) is 0 Å². The first-order valence-electron chi connectivity index (χ1n) is 12.6. The van der Waals surface area contributed by atoms with Crippen molar-refractivity contribution in [3.8, 4) is 0 Å². The molecule has 0 N–H and O–H groups in total. The van der Waals surface area contributed by atoms with Crippen LogP contribution in [0.1, 0.15) is 56.9 Å². The van der Waals surface area contributed by atoms with Crippen molar-refractivity contribution >= 4 is 40.9 Å². The van der Waals surface area contributed by atoms with Gasteiger partial charge in [0.2, 0.25) is 17.7 Å². The first kappa shape index (κ1) is 28.0. The third kappa shape index (κ3) is 6.36. The monoisotopic (exact) mass is 561 g/mol. The molecule has 11 heteroatoms. The Bertz CT molecular complexity index is 1060. The SMILES string of the molecule is CN(C(=O)CCC(F)(F)F)C1CN(C(=O)C2CCN(C(=O)C3(C)CC3)CC2)CC1c1ccc(Cl)c(Cl)c1. The predicted octanol–water partition coefficient (Wildman–Crippen LogP) is 5.13. The Labute approximate surface area is 225 Å². The van der Waals surface area contributed by atoms with E-state index < -0.39 is 31.0 Å². The number of likely N-dealkylation sites (N-methyl/N-ethyl adjacent to an activating group) is 1. The van der Waals surface area contributed by atoms with Gasteiger partial charge in [0.25, 0.3) is 0 Å². The summed E-state index contributed by atoms with van der Waals surface area (Å²) in [5, 5.41) is 0.694. The van der Waals surface area contributed by atoms with Crippen LogP contribution in [-0.4, -0.2) is 77.9 Å². The van der Waals surface area contributed by atoms with Crippen LogP contribution in [0.3, 0.4) is 0 Å². The van der Waals surface area contributed by atoms with Crippen molar-refractivity contribution in [3.05, 3.63) is 33.8 Å². The molecule has 37 heavy (non-hydrogen) atoms. The fourth-order valence-corrected chi connectivity index (χ4v) is 5.72. The fourth-order valence-electron chi connectivity index (χ4n) is 5.41. The Kier molecular flexibility index (Phi) is 8.05. The third-order valence-electron chi connectivity index (χ3n) is 8.13. The Hall–Kier alpha value is -2.00. The molecule has 3 fully saturated rings. The molecule has 2 unspecified atom stereocenters. The zero-order chi connectivity index (χ0) is 27.1.